The molecule has 8 heteroatoms. The lowest BCUT2D eigenvalue weighted by Gasteiger charge is -2.30. The minimum Gasteiger partial charge on any atom is -0.480 e. The van der Waals surface area contributed by atoms with Gasteiger partial charge in [-0.1, -0.05) is 0 Å². The van der Waals surface area contributed by atoms with E-state index < -0.39 is 0 Å². The van der Waals surface area contributed by atoms with E-state index in [0.717, 1.165) is 43.8 Å². The molecule has 0 unspecified atom stereocenters. The molecule has 3 aromatic heterocycles. The summed E-state index contributed by atoms with van der Waals surface area (Å²) in [6.07, 6.45) is 5.73. The number of ether oxygens (including phenoxy) is 1. The SMILES string of the molecule is COc1ccc2nnc(C3CCN(c4nc5c(s4)CCC5)CC3)n2n1. The summed E-state index contributed by atoms with van der Waals surface area (Å²) in [5, 5.41) is 14.3. The van der Waals surface area contributed by atoms with E-state index in [1.54, 1.807) is 7.11 Å². The molecule has 4 heterocycles. The van der Waals surface area contributed by atoms with Crippen LogP contribution in [0.5, 0.6) is 5.88 Å². The Labute approximate surface area is 149 Å². The van der Waals surface area contributed by atoms with Crippen LogP contribution in [0.15, 0.2) is 12.1 Å². The normalized spacial score (nSPS) is 18.0. The van der Waals surface area contributed by atoms with Gasteiger partial charge in [-0.15, -0.1) is 26.6 Å². The summed E-state index contributed by atoms with van der Waals surface area (Å²) in [7, 11) is 1.63. The second kappa shape index (κ2) is 5.94. The predicted molar refractivity (Wildman–Crippen MR) is 95.7 cm³/mol. The maximum absolute atomic E-state index is 5.24. The molecule has 0 bridgehead atoms. The number of anilines is 1. The van der Waals surface area contributed by atoms with Crippen LogP contribution in [0, 0.1) is 0 Å². The lowest BCUT2D eigenvalue weighted by Crippen LogP contribution is -2.33. The summed E-state index contributed by atoms with van der Waals surface area (Å²) >= 11 is 1.89. The first-order valence-electron chi connectivity index (χ1n) is 8.81. The molecule has 25 heavy (non-hydrogen) atoms. The third kappa shape index (κ3) is 2.55. The second-order valence-corrected chi connectivity index (χ2v) is 7.75. The molecule has 0 saturated carbocycles. The van der Waals surface area contributed by atoms with E-state index in [2.05, 4.69) is 20.2 Å². The van der Waals surface area contributed by atoms with Gasteiger partial charge in [0.05, 0.1) is 12.8 Å². The molecule has 0 atom stereocenters. The van der Waals surface area contributed by atoms with Crippen LogP contribution in [0.4, 0.5) is 5.13 Å². The summed E-state index contributed by atoms with van der Waals surface area (Å²) in [6.45, 7) is 2.02. The van der Waals surface area contributed by atoms with Gasteiger partial charge >= 0.3 is 0 Å². The summed E-state index contributed by atoms with van der Waals surface area (Å²) in [6, 6.07) is 3.71. The smallest absolute Gasteiger partial charge is 0.231 e. The Morgan fingerprint density at radius 1 is 1.16 bits per heavy atom. The molecule has 1 aliphatic heterocycles. The van der Waals surface area contributed by atoms with Gasteiger partial charge in [-0.25, -0.2) is 4.98 Å². The molecule has 0 spiro atoms. The van der Waals surface area contributed by atoms with Gasteiger partial charge in [-0.3, -0.25) is 0 Å². The lowest BCUT2D eigenvalue weighted by atomic mass is 9.96. The third-order valence-electron chi connectivity index (χ3n) is 5.19. The Bertz CT molecular complexity index is 890. The predicted octanol–water partition coefficient (Wildman–Crippen LogP) is 2.46. The van der Waals surface area contributed by atoms with Crippen molar-refractivity contribution in [2.75, 3.05) is 25.1 Å². The Balaban J connectivity index is 1.34. The fourth-order valence-corrected chi connectivity index (χ4v) is 4.99. The Hall–Kier alpha value is -2.22. The van der Waals surface area contributed by atoms with Gasteiger partial charge < -0.3 is 9.64 Å². The minimum atomic E-state index is 0.373. The van der Waals surface area contributed by atoms with E-state index in [1.807, 2.05) is 28.0 Å². The molecule has 2 aliphatic rings. The van der Waals surface area contributed by atoms with Crippen molar-refractivity contribution in [1.82, 2.24) is 24.8 Å². The van der Waals surface area contributed by atoms with Crippen molar-refractivity contribution < 1.29 is 4.74 Å². The van der Waals surface area contributed by atoms with Crippen molar-refractivity contribution in [3.05, 3.63) is 28.5 Å². The molecule has 0 aromatic carbocycles. The number of rotatable bonds is 3. The molecule has 1 saturated heterocycles. The van der Waals surface area contributed by atoms with Crippen molar-refractivity contribution in [2.24, 2.45) is 0 Å². The quantitative estimate of drug-likeness (QED) is 0.718. The zero-order valence-corrected chi connectivity index (χ0v) is 15.0. The third-order valence-corrected chi connectivity index (χ3v) is 6.40. The monoisotopic (exact) mass is 356 g/mol. The maximum atomic E-state index is 5.24. The zero-order valence-electron chi connectivity index (χ0n) is 14.2. The van der Waals surface area contributed by atoms with Crippen LogP contribution in [-0.4, -0.2) is 45.0 Å². The van der Waals surface area contributed by atoms with Gasteiger partial charge in [0.1, 0.15) is 0 Å². The number of aromatic nitrogens is 5. The topological polar surface area (TPSA) is 68.4 Å². The number of hydrogen-bond donors (Lipinski definition) is 0. The van der Waals surface area contributed by atoms with Crippen LogP contribution in [0.3, 0.4) is 0 Å². The molecular weight excluding hydrogens is 336 g/mol. The molecule has 5 rings (SSSR count). The lowest BCUT2D eigenvalue weighted by molar-refractivity contribution is 0.387. The van der Waals surface area contributed by atoms with Crippen LogP contribution in [0.25, 0.3) is 5.65 Å². The average molecular weight is 356 g/mol. The highest BCUT2D eigenvalue weighted by Gasteiger charge is 2.28. The summed E-state index contributed by atoms with van der Waals surface area (Å²) in [5.41, 5.74) is 2.11. The minimum absolute atomic E-state index is 0.373. The molecule has 0 amide bonds. The van der Waals surface area contributed by atoms with Crippen molar-refractivity contribution in [1.29, 1.82) is 0 Å². The molecule has 130 valence electrons. The first kappa shape index (κ1) is 15.1. The Kier molecular flexibility index (Phi) is 3.58. The number of aryl methyl sites for hydroxylation is 2. The van der Waals surface area contributed by atoms with Crippen LogP contribution < -0.4 is 9.64 Å². The largest absolute Gasteiger partial charge is 0.480 e. The summed E-state index contributed by atoms with van der Waals surface area (Å²) in [5.74, 6) is 1.90. The van der Waals surface area contributed by atoms with Gasteiger partial charge in [-0.05, 0) is 38.2 Å². The fourth-order valence-electron chi connectivity index (χ4n) is 3.79. The van der Waals surface area contributed by atoms with E-state index >= 15 is 0 Å². The second-order valence-electron chi connectivity index (χ2n) is 6.69. The van der Waals surface area contributed by atoms with Crippen molar-refractivity contribution in [3.63, 3.8) is 0 Å². The highest BCUT2D eigenvalue weighted by Crippen LogP contribution is 2.36. The molecule has 0 radical (unpaired) electrons. The molecular formula is C17H20N6OS. The van der Waals surface area contributed by atoms with Gasteiger partial charge in [0, 0.05) is 30.0 Å². The van der Waals surface area contributed by atoms with E-state index in [4.69, 9.17) is 9.72 Å². The number of nitrogens with zero attached hydrogens (tertiary/aromatic N) is 6. The summed E-state index contributed by atoms with van der Waals surface area (Å²) < 4.78 is 7.07. The van der Waals surface area contributed by atoms with Crippen LogP contribution >= 0.6 is 11.3 Å². The van der Waals surface area contributed by atoms with E-state index in [-0.39, 0.29) is 0 Å². The first-order chi connectivity index (χ1) is 12.3. The number of fused-ring (bicyclic) bond motifs is 2. The molecule has 7 nitrogen and oxygen atoms in total. The van der Waals surface area contributed by atoms with E-state index in [0.29, 0.717) is 11.8 Å². The average Bonchev–Trinajstić information content (AvgIpc) is 3.35. The van der Waals surface area contributed by atoms with Gasteiger partial charge in [0.2, 0.25) is 5.88 Å². The molecule has 1 fully saturated rings. The highest BCUT2D eigenvalue weighted by atomic mass is 32.1. The highest BCUT2D eigenvalue weighted by molar-refractivity contribution is 7.15. The number of piperidine rings is 1. The van der Waals surface area contributed by atoms with E-state index in [1.165, 1.54) is 28.5 Å². The van der Waals surface area contributed by atoms with Crippen LogP contribution in [0.1, 0.15) is 41.6 Å². The molecule has 0 N–H and O–H groups in total. The molecule has 3 aromatic rings. The van der Waals surface area contributed by atoms with E-state index in [9.17, 15) is 0 Å². The Morgan fingerprint density at radius 3 is 2.84 bits per heavy atom. The van der Waals surface area contributed by atoms with Gasteiger partial charge in [-0.2, -0.15) is 4.52 Å². The van der Waals surface area contributed by atoms with Gasteiger partial charge in [0.15, 0.2) is 16.6 Å². The zero-order chi connectivity index (χ0) is 16.8. The number of methoxy groups -OCH3 is 1. The number of thiazole rings is 1. The van der Waals surface area contributed by atoms with Crippen molar-refractivity contribution in [3.8, 4) is 5.88 Å². The van der Waals surface area contributed by atoms with Gasteiger partial charge in [0.25, 0.3) is 0 Å². The maximum Gasteiger partial charge on any atom is 0.231 e. The fraction of sp³-hybridized carbons (Fsp3) is 0.529. The van der Waals surface area contributed by atoms with Crippen LogP contribution in [-0.2, 0) is 12.8 Å². The number of hydrogen-bond acceptors (Lipinski definition) is 7. The van der Waals surface area contributed by atoms with Crippen LogP contribution in [0.2, 0.25) is 0 Å². The van der Waals surface area contributed by atoms with Crippen molar-refractivity contribution in [2.45, 2.75) is 38.0 Å². The molecule has 1 aliphatic carbocycles. The standard InChI is InChI=1S/C17H20N6OS/c1-24-15-6-5-14-19-20-16(23(14)21-15)11-7-9-22(10-8-11)17-18-12-3-2-4-13(12)25-17/h5-6,11H,2-4,7-10H2,1H3. The first-order valence-corrected chi connectivity index (χ1v) is 9.63. The summed E-state index contributed by atoms with van der Waals surface area (Å²) in [4.78, 5) is 8.78. The Morgan fingerprint density at radius 2 is 2.04 bits per heavy atom. The van der Waals surface area contributed by atoms with Crippen molar-refractivity contribution >= 4 is 22.1 Å².